The lowest BCUT2D eigenvalue weighted by Crippen LogP contribution is -2.30. The van der Waals surface area contributed by atoms with Gasteiger partial charge in [-0.1, -0.05) is 345 Å². The summed E-state index contributed by atoms with van der Waals surface area (Å²) in [5.41, 5.74) is 0. The van der Waals surface area contributed by atoms with Crippen molar-refractivity contribution in [3.05, 3.63) is 60.8 Å². The zero-order chi connectivity index (χ0) is 58.5. The smallest absolute Gasteiger partial charge is 0.306 e. The second kappa shape index (κ2) is 69.6. The lowest BCUT2D eigenvalue weighted by atomic mass is 10.0. The van der Waals surface area contributed by atoms with Crippen LogP contribution in [0.3, 0.4) is 0 Å². The molecule has 0 fully saturated rings. The molecular weight excluding hydrogens is 997 g/mol. The lowest BCUT2D eigenvalue weighted by Gasteiger charge is -2.18. The third-order valence-electron chi connectivity index (χ3n) is 16.0. The van der Waals surface area contributed by atoms with E-state index in [0.717, 1.165) is 96.3 Å². The van der Waals surface area contributed by atoms with Crippen LogP contribution in [0.25, 0.3) is 0 Å². The number of hydrogen-bond acceptors (Lipinski definition) is 6. The van der Waals surface area contributed by atoms with Gasteiger partial charge in [0.05, 0.1) is 0 Å². The van der Waals surface area contributed by atoms with Crippen LogP contribution in [0.15, 0.2) is 60.8 Å². The Morgan fingerprint density at radius 2 is 0.506 bits per heavy atom. The Morgan fingerprint density at radius 3 is 0.815 bits per heavy atom. The van der Waals surface area contributed by atoms with Crippen LogP contribution < -0.4 is 0 Å². The molecule has 0 aromatic heterocycles. The van der Waals surface area contributed by atoms with E-state index in [9.17, 15) is 14.4 Å². The van der Waals surface area contributed by atoms with Crippen LogP contribution in [0.1, 0.15) is 380 Å². The molecule has 0 saturated carbocycles. The molecule has 0 N–H and O–H groups in total. The van der Waals surface area contributed by atoms with Gasteiger partial charge in [-0.3, -0.25) is 14.4 Å². The van der Waals surface area contributed by atoms with Gasteiger partial charge in [-0.2, -0.15) is 0 Å². The number of hydrogen-bond donors (Lipinski definition) is 0. The monoisotopic (exact) mass is 1130 g/mol. The summed E-state index contributed by atoms with van der Waals surface area (Å²) in [7, 11) is 0. The Labute approximate surface area is 504 Å². The van der Waals surface area contributed by atoms with Crippen molar-refractivity contribution in [1.82, 2.24) is 0 Å². The molecule has 0 aromatic rings. The molecule has 0 aliphatic rings. The summed E-state index contributed by atoms with van der Waals surface area (Å²) in [6.45, 7) is 6.52. The zero-order valence-corrected chi connectivity index (χ0v) is 54.3. The summed E-state index contributed by atoms with van der Waals surface area (Å²) in [6.07, 6.45) is 89.9. The Morgan fingerprint density at radius 1 is 0.259 bits per heavy atom. The molecule has 0 rings (SSSR count). The minimum atomic E-state index is -0.776. The number of carbonyl (C=O) groups is 3. The molecule has 0 heterocycles. The summed E-state index contributed by atoms with van der Waals surface area (Å²) < 4.78 is 17.0. The van der Waals surface area contributed by atoms with Gasteiger partial charge in [0, 0.05) is 19.3 Å². The molecule has 0 aliphatic carbocycles. The van der Waals surface area contributed by atoms with E-state index < -0.39 is 6.10 Å². The highest BCUT2D eigenvalue weighted by atomic mass is 16.6. The molecule has 0 radical (unpaired) electrons. The summed E-state index contributed by atoms with van der Waals surface area (Å²) in [5.74, 6) is -0.860. The molecule has 0 bridgehead atoms. The predicted octanol–water partition coefficient (Wildman–Crippen LogP) is 24.7. The first-order valence-electron chi connectivity index (χ1n) is 35.8. The zero-order valence-electron chi connectivity index (χ0n) is 54.3. The second-order valence-electron chi connectivity index (χ2n) is 24.1. The third-order valence-corrected chi connectivity index (χ3v) is 16.0. The van der Waals surface area contributed by atoms with Crippen LogP contribution in [0.2, 0.25) is 0 Å². The van der Waals surface area contributed by atoms with E-state index in [0.29, 0.717) is 19.3 Å². The molecule has 0 amide bonds. The molecule has 6 heteroatoms. The van der Waals surface area contributed by atoms with Crippen LogP contribution in [0, 0.1) is 0 Å². The maximum Gasteiger partial charge on any atom is 0.306 e. The molecule has 0 aliphatic heterocycles. The molecule has 472 valence electrons. The largest absolute Gasteiger partial charge is 0.462 e. The van der Waals surface area contributed by atoms with Gasteiger partial charge in [0.25, 0.3) is 0 Å². The van der Waals surface area contributed by atoms with E-state index in [1.807, 2.05) is 0 Å². The van der Waals surface area contributed by atoms with Crippen LogP contribution in [0.5, 0.6) is 0 Å². The number of rotatable bonds is 66. The fourth-order valence-electron chi connectivity index (χ4n) is 10.7. The summed E-state index contributed by atoms with van der Waals surface area (Å²) in [6, 6.07) is 0. The summed E-state index contributed by atoms with van der Waals surface area (Å²) in [4.78, 5) is 38.3. The van der Waals surface area contributed by atoms with E-state index >= 15 is 0 Å². The minimum Gasteiger partial charge on any atom is -0.462 e. The average molecular weight is 1130 g/mol. The van der Waals surface area contributed by atoms with E-state index in [1.54, 1.807) is 0 Å². The molecule has 0 aromatic carbocycles. The lowest BCUT2D eigenvalue weighted by molar-refractivity contribution is -0.167. The first-order chi connectivity index (χ1) is 40.0. The predicted molar refractivity (Wildman–Crippen MR) is 353 cm³/mol. The van der Waals surface area contributed by atoms with Gasteiger partial charge in [0.15, 0.2) is 6.10 Å². The molecule has 6 nitrogen and oxygen atoms in total. The Kier molecular flexibility index (Phi) is 67.1. The van der Waals surface area contributed by atoms with Crippen molar-refractivity contribution >= 4 is 17.9 Å². The van der Waals surface area contributed by atoms with E-state index in [2.05, 4.69) is 81.5 Å². The number of unbranched alkanes of at least 4 members (excludes halogenated alkanes) is 45. The highest BCUT2D eigenvalue weighted by Crippen LogP contribution is 2.19. The Balaban J connectivity index is 4.14. The highest BCUT2D eigenvalue weighted by molar-refractivity contribution is 5.71. The van der Waals surface area contributed by atoms with Crippen molar-refractivity contribution < 1.29 is 28.6 Å². The van der Waals surface area contributed by atoms with E-state index in [4.69, 9.17) is 14.2 Å². The minimum absolute atomic E-state index is 0.0727. The van der Waals surface area contributed by atoms with E-state index in [1.165, 1.54) is 244 Å². The average Bonchev–Trinajstić information content (AvgIpc) is 3.47. The SMILES string of the molecule is CC/C=C\C/C=C\C/C=C\C/C=C\CCCCCCCCCCCCCCCCC(=O)OCC(COC(=O)CCCCCCC/C=C\CCC)OC(=O)CCCCCCCCCCCCCCCCCCCCCCCCCCCC. The molecule has 0 spiro atoms. The van der Waals surface area contributed by atoms with Crippen molar-refractivity contribution in [3.8, 4) is 0 Å². The van der Waals surface area contributed by atoms with Crippen LogP contribution in [0.4, 0.5) is 0 Å². The second-order valence-corrected chi connectivity index (χ2v) is 24.1. The standard InChI is InChI=1S/C75H136O6/c1-4-7-10-13-16-19-22-24-26-28-30-32-34-36-38-40-41-43-45-47-49-51-53-56-59-62-65-68-74(77)80-71-72(70-79-73(76)67-64-61-58-55-21-18-15-12-9-6-3)81-75(78)69-66-63-60-57-54-52-50-48-46-44-42-39-37-35-33-31-29-27-25-23-20-17-14-11-8-5-2/h7,10,12,15-16,19,24,26,30,32,72H,4-6,8-9,11,13-14,17-18,20-23,25,27-29,31,33-71H2,1-3H3/b10-7-,15-12-,19-16-,26-24-,32-30-. The fourth-order valence-corrected chi connectivity index (χ4v) is 10.7. The molecule has 1 unspecified atom stereocenters. The van der Waals surface area contributed by atoms with Crippen molar-refractivity contribution in [2.24, 2.45) is 0 Å². The van der Waals surface area contributed by atoms with Gasteiger partial charge in [0.2, 0.25) is 0 Å². The van der Waals surface area contributed by atoms with Crippen molar-refractivity contribution in [1.29, 1.82) is 0 Å². The van der Waals surface area contributed by atoms with Crippen molar-refractivity contribution in [3.63, 3.8) is 0 Å². The van der Waals surface area contributed by atoms with Crippen molar-refractivity contribution in [2.75, 3.05) is 13.2 Å². The molecular formula is C75H136O6. The summed E-state index contributed by atoms with van der Waals surface area (Å²) >= 11 is 0. The van der Waals surface area contributed by atoms with Gasteiger partial charge < -0.3 is 14.2 Å². The fraction of sp³-hybridized carbons (Fsp3) is 0.827. The topological polar surface area (TPSA) is 78.9 Å². The summed E-state index contributed by atoms with van der Waals surface area (Å²) in [5, 5.41) is 0. The van der Waals surface area contributed by atoms with E-state index in [-0.39, 0.29) is 31.1 Å². The molecule has 1 atom stereocenters. The normalized spacial score (nSPS) is 12.4. The number of allylic oxidation sites excluding steroid dienone is 10. The Bertz CT molecular complexity index is 1440. The van der Waals surface area contributed by atoms with Crippen LogP contribution >= 0.6 is 0 Å². The van der Waals surface area contributed by atoms with Crippen LogP contribution in [-0.2, 0) is 28.6 Å². The number of carbonyl (C=O) groups excluding carboxylic acids is 3. The quantitative estimate of drug-likeness (QED) is 0.0261. The maximum atomic E-state index is 12.9. The maximum absolute atomic E-state index is 12.9. The van der Waals surface area contributed by atoms with Gasteiger partial charge in [-0.25, -0.2) is 0 Å². The number of esters is 3. The first kappa shape index (κ1) is 78.1. The van der Waals surface area contributed by atoms with Crippen molar-refractivity contribution in [2.45, 2.75) is 386 Å². The van der Waals surface area contributed by atoms with Gasteiger partial charge in [-0.05, 0) is 77.0 Å². The Hall–Kier alpha value is -2.89. The van der Waals surface area contributed by atoms with Gasteiger partial charge in [0.1, 0.15) is 13.2 Å². The van der Waals surface area contributed by atoms with Gasteiger partial charge in [-0.15, -0.1) is 0 Å². The third kappa shape index (κ3) is 67.8. The van der Waals surface area contributed by atoms with Crippen LogP contribution in [-0.4, -0.2) is 37.2 Å². The molecule has 0 saturated heterocycles. The highest BCUT2D eigenvalue weighted by Gasteiger charge is 2.19. The number of ether oxygens (including phenoxy) is 3. The van der Waals surface area contributed by atoms with Gasteiger partial charge >= 0.3 is 17.9 Å². The first-order valence-corrected chi connectivity index (χ1v) is 35.8. The molecule has 81 heavy (non-hydrogen) atoms.